The Balaban J connectivity index is 1.18. The molecule has 0 radical (unpaired) electrons. The van der Waals surface area contributed by atoms with Crippen molar-refractivity contribution >= 4 is 95.0 Å². The fourth-order valence-corrected chi connectivity index (χ4v) is 8.11. The third-order valence-electron chi connectivity index (χ3n) is 10.7. The van der Waals surface area contributed by atoms with Crippen molar-refractivity contribution < 1.29 is 13.3 Å². The zero-order valence-electron chi connectivity index (χ0n) is 30.1. The number of nitrogens with zero attached hydrogens (tertiary/aromatic N) is 3. The van der Waals surface area contributed by atoms with Gasteiger partial charge in [-0.05, 0) is 82.7 Å². The molecule has 11 aromatic rings. The van der Waals surface area contributed by atoms with E-state index in [2.05, 4.69) is 90.6 Å². The molecular weight excluding hydrogens is 691 g/mol. The quantitative estimate of drug-likeness (QED) is 0.131. The van der Waals surface area contributed by atoms with Crippen LogP contribution in [0, 0.1) is 0 Å². The first kappa shape index (κ1) is 31.9. The highest BCUT2D eigenvalue weighted by molar-refractivity contribution is 6.26. The van der Waals surface area contributed by atoms with Gasteiger partial charge in [-0.1, -0.05) is 115 Å². The van der Waals surface area contributed by atoms with Crippen LogP contribution in [0.15, 0.2) is 192 Å². The number of rotatable bonds is 5. The molecule has 0 aliphatic rings. The second-order valence-electron chi connectivity index (χ2n) is 14.0. The number of fused-ring (bicyclic) bond motifs is 10. The molecule has 8 aromatic carbocycles. The van der Waals surface area contributed by atoms with Crippen LogP contribution < -0.4 is 0 Å². The minimum Gasteiger partial charge on any atom is -0.456 e. The third-order valence-corrected chi connectivity index (χ3v) is 10.7. The van der Waals surface area contributed by atoms with Crippen LogP contribution in [0.2, 0.25) is 0 Å². The maximum atomic E-state index is 6.60. The Morgan fingerprint density at radius 3 is 1.82 bits per heavy atom. The van der Waals surface area contributed by atoms with Gasteiger partial charge in [0, 0.05) is 43.4 Å². The van der Waals surface area contributed by atoms with Crippen molar-refractivity contribution in [1.29, 1.82) is 0 Å². The van der Waals surface area contributed by atoms with Crippen molar-refractivity contribution in [2.75, 3.05) is 0 Å². The number of furan rings is 3. The molecule has 0 unspecified atom stereocenters. The molecule has 3 heterocycles. The zero-order valence-corrected chi connectivity index (χ0v) is 30.1. The molecule has 56 heavy (non-hydrogen) atoms. The number of para-hydroxylation sites is 2. The van der Waals surface area contributed by atoms with E-state index in [4.69, 9.17) is 23.2 Å². The molecule has 0 atom stereocenters. The standard InChI is InChI=1S/C50H31N3O3/c1-51-49(53-50(52-29-30-13-3-2-4-14-30)37-20-12-24-43-47(37)35-17-7-9-21-40(35)54-43)39-26-33(28-45-48(39)36-18-8-10-22-41(36)55-45)34-19-11-23-42-46(34)38-25-31-15-5-6-16-32(31)27-44(38)56-42/h2-28H,1,29H2. The first-order chi connectivity index (χ1) is 27.7. The average Bonchev–Trinajstić information content (AvgIpc) is 3.94. The second kappa shape index (κ2) is 12.8. The van der Waals surface area contributed by atoms with Crippen LogP contribution in [0.25, 0.3) is 87.7 Å². The predicted octanol–water partition coefficient (Wildman–Crippen LogP) is 13.3. The van der Waals surface area contributed by atoms with Crippen LogP contribution in [-0.4, -0.2) is 18.4 Å². The molecule has 6 heteroatoms. The second-order valence-corrected chi connectivity index (χ2v) is 14.0. The van der Waals surface area contributed by atoms with Crippen molar-refractivity contribution in [3.05, 3.63) is 180 Å². The first-order valence-corrected chi connectivity index (χ1v) is 18.5. The highest BCUT2D eigenvalue weighted by atomic mass is 16.3. The summed E-state index contributed by atoms with van der Waals surface area (Å²) in [5.41, 5.74) is 9.35. The number of hydrogen-bond acceptors (Lipinski definition) is 4. The lowest BCUT2D eigenvalue weighted by molar-refractivity contribution is 0.668. The van der Waals surface area contributed by atoms with Gasteiger partial charge in [0.1, 0.15) is 33.5 Å². The van der Waals surface area contributed by atoms with E-state index in [1.807, 2.05) is 84.9 Å². The van der Waals surface area contributed by atoms with Crippen LogP contribution in [-0.2, 0) is 6.54 Å². The summed E-state index contributed by atoms with van der Waals surface area (Å²) < 4.78 is 19.4. The summed E-state index contributed by atoms with van der Waals surface area (Å²) in [5.74, 6) is 0.949. The fraction of sp³-hybridized carbons (Fsp3) is 0.0200. The van der Waals surface area contributed by atoms with Gasteiger partial charge < -0.3 is 13.3 Å². The molecule has 11 rings (SSSR count). The van der Waals surface area contributed by atoms with Gasteiger partial charge in [0.05, 0.1) is 6.54 Å². The minimum atomic E-state index is 0.421. The van der Waals surface area contributed by atoms with E-state index >= 15 is 0 Å². The SMILES string of the molecule is C=NC(=NC(=NCc1ccccc1)c1cccc2oc3ccccc3c12)c1cc(-c2cccc3oc4cc5ccccc5cc4c23)cc2oc3ccccc3c12. The van der Waals surface area contributed by atoms with Crippen molar-refractivity contribution in [2.45, 2.75) is 6.54 Å². The summed E-state index contributed by atoms with van der Waals surface area (Å²) in [6.07, 6.45) is 0. The molecule has 0 aliphatic carbocycles. The fourth-order valence-electron chi connectivity index (χ4n) is 8.11. The molecule has 0 bridgehead atoms. The molecule has 0 N–H and O–H groups in total. The van der Waals surface area contributed by atoms with Gasteiger partial charge in [-0.3, -0.25) is 4.99 Å². The normalized spacial score (nSPS) is 12.6. The number of amidine groups is 2. The highest BCUT2D eigenvalue weighted by Crippen LogP contribution is 2.42. The van der Waals surface area contributed by atoms with Crippen LogP contribution in [0.5, 0.6) is 0 Å². The van der Waals surface area contributed by atoms with E-state index in [-0.39, 0.29) is 0 Å². The lowest BCUT2D eigenvalue weighted by Gasteiger charge is -2.11. The number of hydrogen-bond donors (Lipinski definition) is 0. The number of aliphatic imine (C=N–C) groups is 3. The first-order valence-electron chi connectivity index (χ1n) is 18.5. The molecule has 0 amide bonds. The van der Waals surface area contributed by atoms with E-state index in [9.17, 15) is 0 Å². The van der Waals surface area contributed by atoms with E-state index < -0.39 is 0 Å². The largest absolute Gasteiger partial charge is 0.456 e. The Morgan fingerprint density at radius 2 is 1.05 bits per heavy atom. The van der Waals surface area contributed by atoms with E-state index in [0.717, 1.165) is 104 Å². The molecule has 0 aliphatic heterocycles. The minimum absolute atomic E-state index is 0.421. The average molecular weight is 722 g/mol. The van der Waals surface area contributed by atoms with Gasteiger partial charge in [0.25, 0.3) is 0 Å². The van der Waals surface area contributed by atoms with Crippen molar-refractivity contribution in [1.82, 2.24) is 0 Å². The van der Waals surface area contributed by atoms with E-state index in [1.54, 1.807) is 0 Å². The Morgan fingerprint density at radius 1 is 0.446 bits per heavy atom. The lowest BCUT2D eigenvalue weighted by Crippen LogP contribution is -2.07. The molecule has 0 spiro atoms. The monoisotopic (exact) mass is 721 g/mol. The molecule has 0 saturated carbocycles. The smallest absolute Gasteiger partial charge is 0.161 e. The van der Waals surface area contributed by atoms with Crippen molar-refractivity contribution in [2.24, 2.45) is 15.0 Å². The highest BCUT2D eigenvalue weighted by Gasteiger charge is 2.22. The summed E-state index contributed by atoms with van der Waals surface area (Å²) in [6.45, 7) is 4.51. The Labute approximate surface area is 320 Å². The Bertz CT molecular complexity index is 3420. The molecule has 6 nitrogen and oxygen atoms in total. The van der Waals surface area contributed by atoms with E-state index in [1.165, 1.54) is 0 Å². The summed E-state index contributed by atoms with van der Waals surface area (Å²) >= 11 is 0. The summed E-state index contributed by atoms with van der Waals surface area (Å²) in [6, 6.07) is 55.5. The summed E-state index contributed by atoms with van der Waals surface area (Å²) in [4.78, 5) is 15.2. The van der Waals surface area contributed by atoms with Crippen LogP contribution in [0.3, 0.4) is 0 Å². The van der Waals surface area contributed by atoms with Gasteiger partial charge in [0.15, 0.2) is 11.7 Å². The van der Waals surface area contributed by atoms with Gasteiger partial charge in [-0.2, -0.15) is 0 Å². The van der Waals surface area contributed by atoms with Gasteiger partial charge in [0.2, 0.25) is 0 Å². The maximum absolute atomic E-state index is 6.60. The van der Waals surface area contributed by atoms with Crippen LogP contribution in [0.4, 0.5) is 0 Å². The zero-order chi connectivity index (χ0) is 37.2. The molecule has 0 fully saturated rings. The maximum Gasteiger partial charge on any atom is 0.161 e. The third kappa shape index (κ3) is 5.15. The van der Waals surface area contributed by atoms with E-state index in [0.29, 0.717) is 18.2 Å². The lowest BCUT2D eigenvalue weighted by atomic mass is 9.94. The van der Waals surface area contributed by atoms with Gasteiger partial charge in [-0.15, -0.1) is 0 Å². The predicted molar refractivity (Wildman–Crippen MR) is 230 cm³/mol. The Hall–Kier alpha value is -7.57. The van der Waals surface area contributed by atoms with Crippen molar-refractivity contribution in [3.8, 4) is 11.1 Å². The van der Waals surface area contributed by atoms with Crippen LogP contribution in [0.1, 0.15) is 16.7 Å². The summed E-state index contributed by atoms with van der Waals surface area (Å²) in [5, 5.41) is 8.17. The van der Waals surface area contributed by atoms with Crippen LogP contribution >= 0.6 is 0 Å². The van der Waals surface area contributed by atoms with Gasteiger partial charge in [-0.25, -0.2) is 9.98 Å². The Kier molecular flexibility index (Phi) is 7.29. The molecule has 264 valence electrons. The topological polar surface area (TPSA) is 76.5 Å². The number of benzene rings is 8. The van der Waals surface area contributed by atoms with Gasteiger partial charge >= 0.3 is 0 Å². The summed E-state index contributed by atoms with van der Waals surface area (Å²) in [7, 11) is 0. The molecule has 0 saturated heterocycles. The molecule has 3 aromatic heterocycles. The molecular formula is C50H31N3O3. The van der Waals surface area contributed by atoms with Crippen molar-refractivity contribution in [3.63, 3.8) is 0 Å².